The van der Waals surface area contributed by atoms with Crippen molar-refractivity contribution in [1.29, 1.82) is 0 Å². The predicted octanol–water partition coefficient (Wildman–Crippen LogP) is 2.97. The number of aliphatic hydroxyl groups is 2. The van der Waals surface area contributed by atoms with Gasteiger partial charge in [-0.3, -0.25) is 14.2 Å². The molecule has 1 amide bonds. The molecule has 0 unspecified atom stereocenters. The average Bonchev–Trinajstić information content (AvgIpc) is 3.22. The first-order chi connectivity index (χ1) is 18.5. The van der Waals surface area contributed by atoms with E-state index in [-0.39, 0.29) is 13.1 Å². The minimum Gasteiger partial charge on any atom is -0.389 e. The summed E-state index contributed by atoms with van der Waals surface area (Å²) in [5, 5.41) is 21.9. The van der Waals surface area contributed by atoms with Crippen molar-refractivity contribution >= 4 is 22.8 Å². The molecular weight excluding hydrogens is 520 g/mol. The summed E-state index contributed by atoms with van der Waals surface area (Å²) in [7, 11) is 0. The van der Waals surface area contributed by atoms with Gasteiger partial charge in [0.2, 0.25) is 5.43 Å². The predicted molar refractivity (Wildman–Crippen MR) is 134 cm³/mol. The van der Waals surface area contributed by atoms with E-state index in [0.29, 0.717) is 12.1 Å². The summed E-state index contributed by atoms with van der Waals surface area (Å²) in [6.07, 6.45) is -1.54. The maximum Gasteiger partial charge on any atom is 0.257 e. The Morgan fingerprint density at radius 2 is 1.62 bits per heavy atom. The molecule has 1 fully saturated rings. The Labute approximate surface area is 218 Å². The fraction of sp³-hybridized carbons (Fsp3) is 0.222. The van der Waals surface area contributed by atoms with E-state index in [4.69, 9.17) is 0 Å². The van der Waals surface area contributed by atoms with Crippen LogP contribution < -0.4 is 15.6 Å². The highest BCUT2D eigenvalue weighted by atomic mass is 19.1. The Morgan fingerprint density at radius 3 is 2.23 bits per heavy atom. The van der Waals surface area contributed by atoms with Gasteiger partial charge in [-0.15, -0.1) is 0 Å². The molecule has 1 aliphatic rings. The van der Waals surface area contributed by atoms with E-state index in [9.17, 15) is 33.0 Å². The van der Waals surface area contributed by atoms with E-state index in [1.807, 2.05) is 0 Å². The minimum absolute atomic E-state index is 0.196. The van der Waals surface area contributed by atoms with E-state index in [0.717, 1.165) is 22.4 Å². The summed E-state index contributed by atoms with van der Waals surface area (Å²) in [4.78, 5) is 31.9. The number of aliphatic hydroxyl groups excluding tert-OH is 2. The lowest BCUT2D eigenvalue weighted by Gasteiger charge is -2.20. The Morgan fingerprint density at radius 1 is 1.00 bits per heavy atom. The van der Waals surface area contributed by atoms with Crippen molar-refractivity contribution in [2.45, 2.75) is 25.2 Å². The molecule has 0 spiro atoms. The normalized spacial score (nSPS) is 18.0. The first kappa shape index (κ1) is 26.3. The highest BCUT2D eigenvalue weighted by Crippen LogP contribution is 2.28. The molecule has 8 nitrogen and oxygen atoms in total. The second kappa shape index (κ2) is 10.1. The van der Waals surface area contributed by atoms with Crippen LogP contribution in [0.4, 0.5) is 23.4 Å². The number of nitrogens with one attached hydrogen (secondary N) is 1. The number of amides is 1. The summed E-state index contributed by atoms with van der Waals surface area (Å²) in [5.41, 5.74) is -2.08. The van der Waals surface area contributed by atoms with Crippen LogP contribution in [-0.4, -0.2) is 51.0 Å². The van der Waals surface area contributed by atoms with Crippen molar-refractivity contribution < 1.29 is 32.6 Å². The number of rotatable bonds is 5. The van der Waals surface area contributed by atoms with Gasteiger partial charge in [-0.1, -0.05) is 30.3 Å². The summed E-state index contributed by atoms with van der Waals surface area (Å²) >= 11 is 0. The maximum atomic E-state index is 15.2. The largest absolute Gasteiger partial charge is 0.389 e. The van der Waals surface area contributed by atoms with Gasteiger partial charge in [0, 0.05) is 31.4 Å². The quantitative estimate of drug-likeness (QED) is 0.335. The zero-order chi connectivity index (χ0) is 28.0. The molecule has 12 heteroatoms. The molecule has 0 aliphatic carbocycles. The molecule has 39 heavy (non-hydrogen) atoms. The number of benzene rings is 2. The van der Waals surface area contributed by atoms with Crippen molar-refractivity contribution in [2.75, 3.05) is 18.0 Å². The molecule has 0 bridgehead atoms. The fourth-order valence-electron chi connectivity index (χ4n) is 4.57. The third-order valence-electron chi connectivity index (χ3n) is 6.59. The van der Waals surface area contributed by atoms with Crippen LogP contribution in [0, 0.1) is 23.3 Å². The second-order valence-corrected chi connectivity index (χ2v) is 9.27. The van der Waals surface area contributed by atoms with Gasteiger partial charge in [0.15, 0.2) is 28.9 Å². The van der Waals surface area contributed by atoms with E-state index in [1.165, 1.54) is 4.90 Å². The van der Waals surface area contributed by atoms with Crippen LogP contribution in [0.1, 0.15) is 28.9 Å². The maximum absolute atomic E-state index is 15.2. The standard InChI is InChI=1S/C27H22F4N4O4/c1-13(14-5-3-2-4-6-14)32-27(39)17-10-35(23-18(29)7-15(28)8-19(23)30)25-16(24(17)38)9-20(31)26(33-25)34-11-21(36)22(37)12-34/h2-10,13,21-22,36-37H,11-12H2,1H3,(H,32,39)/t13-,21+,22+/m0/s1. The third kappa shape index (κ3) is 4.84. The van der Waals surface area contributed by atoms with Crippen LogP contribution in [0.5, 0.6) is 0 Å². The minimum atomic E-state index is -1.36. The number of nitrogens with zero attached hydrogens (tertiary/aromatic N) is 3. The molecule has 0 saturated carbocycles. The van der Waals surface area contributed by atoms with Gasteiger partial charge in [-0.25, -0.2) is 22.5 Å². The summed E-state index contributed by atoms with van der Waals surface area (Å²) in [6, 6.07) is 9.83. The lowest BCUT2D eigenvalue weighted by Crippen LogP contribution is -2.32. The highest BCUT2D eigenvalue weighted by Gasteiger charge is 2.33. The number of aromatic nitrogens is 2. The Bertz CT molecular complexity index is 1610. The Balaban J connectivity index is 1.71. The third-order valence-corrected chi connectivity index (χ3v) is 6.59. The zero-order valence-corrected chi connectivity index (χ0v) is 20.4. The summed E-state index contributed by atoms with van der Waals surface area (Å²) in [6.45, 7) is 1.27. The van der Waals surface area contributed by atoms with Crippen molar-refractivity contribution in [1.82, 2.24) is 14.9 Å². The number of halogens is 4. The number of hydrogen-bond acceptors (Lipinski definition) is 6. The molecule has 0 radical (unpaired) electrons. The van der Waals surface area contributed by atoms with E-state index in [2.05, 4.69) is 10.3 Å². The fourth-order valence-corrected chi connectivity index (χ4v) is 4.57. The zero-order valence-electron chi connectivity index (χ0n) is 20.4. The molecule has 2 aromatic carbocycles. The first-order valence-electron chi connectivity index (χ1n) is 11.9. The van der Waals surface area contributed by atoms with Gasteiger partial charge in [0.25, 0.3) is 5.91 Å². The monoisotopic (exact) mass is 542 g/mol. The molecule has 1 saturated heterocycles. The summed E-state index contributed by atoms with van der Waals surface area (Å²) in [5.74, 6) is -6.24. The van der Waals surface area contributed by atoms with Gasteiger partial charge in [0.1, 0.15) is 17.1 Å². The topological polar surface area (TPSA) is 108 Å². The molecule has 4 aromatic rings. The number of carbonyl (C=O) groups excluding carboxylic acids is 1. The van der Waals surface area contributed by atoms with E-state index >= 15 is 4.39 Å². The van der Waals surface area contributed by atoms with Crippen LogP contribution >= 0.6 is 0 Å². The molecule has 3 N–H and O–H groups in total. The van der Waals surface area contributed by atoms with Gasteiger partial charge in [-0.05, 0) is 18.6 Å². The number of β-amino-alcohol motifs (C(OH)–C–C–N with tert-alkyl or cyclic N) is 2. The first-order valence-corrected chi connectivity index (χ1v) is 11.9. The number of carbonyl (C=O) groups is 1. The molecule has 3 heterocycles. The number of fused-ring (bicyclic) bond motifs is 1. The van der Waals surface area contributed by atoms with Gasteiger partial charge in [0.05, 0.1) is 23.6 Å². The van der Waals surface area contributed by atoms with E-state index in [1.54, 1.807) is 37.3 Å². The Kier molecular flexibility index (Phi) is 6.83. The van der Waals surface area contributed by atoms with Gasteiger partial charge in [-0.2, -0.15) is 0 Å². The highest BCUT2D eigenvalue weighted by molar-refractivity contribution is 5.97. The van der Waals surface area contributed by atoms with Gasteiger partial charge < -0.3 is 20.4 Å². The van der Waals surface area contributed by atoms with Crippen molar-refractivity contribution in [2.24, 2.45) is 0 Å². The molecule has 5 rings (SSSR count). The second-order valence-electron chi connectivity index (χ2n) is 9.27. The molecule has 202 valence electrons. The number of hydrogen-bond donors (Lipinski definition) is 3. The Hall–Kier alpha value is -4.29. The van der Waals surface area contributed by atoms with Crippen molar-refractivity contribution in [3.63, 3.8) is 0 Å². The number of anilines is 1. The van der Waals surface area contributed by atoms with Crippen LogP contribution in [-0.2, 0) is 0 Å². The molecule has 3 atom stereocenters. The lowest BCUT2D eigenvalue weighted by atomic mass is 10.1. The average molecular weight is 542 g/mol. The van der Waals surface area contributed by atoms with Crippen LogP contribution in [0.3, 0.4) is 0 Å². The summed E-state index contributed by atoms with van der Waals surface area (Å²) < 4.78 is 59.5. The van der Waals surface area contributed by atoms with Crippen LogP contribution in [0.2, 0.25) is 0 Å². The molecular formula is C27H22F4N4O4. The molecule has 2 aromatic heterocycles. The lowest BCUT2D eigenvalue weighted by molar-refractivity contribution is 0.0572. The number of pyridine rings is 2. The van der Waals surface area contributed by atoms with E-state index < -0.39 is 81.0 Å². The SMILES string of the molecule is C[C@H](NC(=O)c1cn(-c2c(F)cc(F)cc2F)c2nc(N3C[C@@H](O)[C@H](O)C3)c(F)cc2c1=O)c1ccccc1. The van der Waals surface area contributed by atoms with Crippen LogP contribution in [0.25, 0.3) is 16.7 Å². The van der Waals surface area contributed by atoms with Crippen LogP contribution in [0.15, 0.2) is 59.5 Å². The smallest absolute Gasteiger partial charge is 0.257 e. The van der Waals surface area contributed by atoms with Crippen molar-refractivity contribution in [3.8, 4) is 5.69 Å². The van der Waals surface area contributed by atoms with Gasteiger partial charge >= 0.3 is 0 Å². The van der Waals surface area contributed by atoms with Crippen molar-refractivity contribution in [3.05, 3.63) is 99.3 Å². The molecule has 1 aliphatic heterocycles.